The van der Waals surface area contributed by atoms with Gasteiger partial charge in [-0.25, -0.2) is 0 Å². The minimum absolute atomic E-state index is 0.0244. The second kappa shape index (κ2) is 10.6. The average molecular weight is 463 g/mol. The molecular weight excluding hydrogens is 432 g/mol. The summed E-state index contributed by atoms with van der Waals surface area (Å²) in [5.74, 6) is -1.20. The second-order valence-corrected chi connectivity index (χ2v) is 9.50. The van der Waals surface area contributed by atoms with Crippen LogP contribution in [-0.4, -0.2) is 43.9 Å². The van der Waals surface area contributed by atoms with Crippen molar-refractivity contribution >= 4 is 28.8 Å². The number of fused-ring (bicyclic) bond motifs is 1. The Morgan fingerprint density at radius 1 is 0.970 bits per heavy atom. The van der Waals surface area contributed by atoms with Crippen LogP contribution in [0.3, 0.4) is 0 Å². The Morgan fingerprint density at radius 3 is 2.39 bits per heavy atom. The number of carbonyl (C=O) groups excluding carboxylic acids is 2. The third-order valence-electron chi connectivity index (χ3n) is 6.06. The van der Waals surface area contributed by atoms with E-state index in [9.17, 15) is 9.59 Å². The van der Waals surface area contributed by atoms with Gasteiger partial charge in [0.25, 0.3) is 0 Å². The molecular formula is C26H30N4O2S. The van der Waals surface area contributed by atoms with Crippen molar-refractivity contribution in [1.82, 2.24) is 15.5 Å². The highest BCUT2D eigenvalue weighted by Gasteiger charge is 2.26. The number of thiophene rings is 1. The van der Waals surface area contributed by atoms with Gasteiger partial charge in [-0.3, -0.25) is 14.5 Å². The van der Waals surface area contributed by atoms with E-state index in [1.807, 2.05) is 31.6 Å². The first kappa shape index (κ1) is 23.0. The lowest BCUT2D eigenvalue weighted by Gasteiger charge is -2.36. The summed E-state index contributed by atoms with van der Waals surface area (Å²) in [6.45, 7) is 2.45. The van der Waals surface area contributed by atoms with Gasteiger partial charge in [-0.05, 0) is 46.7 Å². The summed E-state index contributed by atoms with van der Waals surface area (Å²) in [7, 11) is 4.03. The molecule has 0 saturated heterocycles. The lowest BCUT2D eigenvalue weighted by Crippen LogP contribution is -2.45. The number of hydrogen-bond donors (Lipinski definition) is 2. The average Bonchev–Trinajstić information content (AvgIpc) is 3.36. The number of nitrogens with zero attached hydrogens (tertiary/aromatic N) is 2. The van der Waals surface area contributed by atoms with Crippen LogP contribution in [0.25, 0.3) is 0 Å². The number of benzene rings is 2. The van der Waals surface area contributed by atoms with E-state index in [-0.39, 0.29) is 6.04 Å². The fourth-order valence-corrected chi connectivity index (χ4v) is 4.81. The highest BCUT2D eigenvalue weighted by atomic mass is 32.1. The standard InChI is InChI=1S/C26H30N4O2S/c1-29(2)22-11-9-20(10-12-22)24(30-14-13-19-6-3-4-7-21(19)18-30)17-28-26(32)25(31)27-16-23-8-5-15-33-23/h3-12,15,24H,13-14,16-18H2,1-2H3,(H,27,31)(H,28,32)/t24-/m0/s1. The molecule has 2 N–H and O–H groups in total. The van der Waals surface area contributed by atoms with E-state index in [0.29, 0.717) is 13.1 Å². The van der Waals surface area contributed by atoms with Gasteiger partial charge in [0.15, 0.2) is 0 Å². The summed E-state index contributed by atoms with van der Waals surface area (Å²) in [6, 6.07) is 20.8. The normalized spacial score (nSPS) is 14.2. The van der Waals surface area contributed by atoms with Crippen LogP contribution in [0.5, 0.6) is 0 Å². The number of carbonyl (C=O) groups is 2. The van der Waals surface area contributed by atoms with Crippen LogP contribution in [0, 0.1) is 0 Å². The largest absolute Gasteiger partial charge is 0.378 e. The first-order valence-electron chi connectivity index (χ1n) is 11.2. The van der Waals surface area contributed by atoms with Gasteiger partial charge in [-0.1, -0.05) is 42.5 Å². The molecule has 1 atom stereocenters. The maximum atomic E-state index is 12.5. The smallest absolute Gasteiger partial charge is 0.309 e. The van der Waals surface area contributed by atoms with Crippen LogP contribution in [0.1, 0.15) is 27.6 Å². The van der Waals surface area contributed by atoms with Crippen LogP contribution in [0.4, 0.5) is 5.69 Å². The minimum Gasteiger partial charge on any atom is -0.378 e. The van der Waals surface area contributed by atoms with E-state index in [1.165, 1.54) is 11.1 Å². The van der Waals surface area contributed by atoms with Crippen LogP contribution in [0.2, 0.25) is 0 Å². The van der Waals surface area contributed by atoms with Crippen LogP contribution in [-0.2, 0) is 29.1 Å². The predicted molar refractivity (Wildman–Crippen MR) is 133 cm³/mol. The lowest BCUT2D eigenvalue weighted by atomic mass is 9.96. The van der Waals surface area contributed by atoms with Crippen molar-refractivity contribution < 1.29 is 9.59 Å². The molecule has 0 aliphatic carbocycles. The predicted octanol–water partition coefficient (Wildman–Crippen LogP) is 3.35. The zero-order valence-corrected chi connectivity index (χ0v) is 19.9. The zero-order valence-electron chi connectivity index (χ0n) is 19.1. The van der Waals surface area contributed by atoms with E-state index < -0.39 is 11.8 Å². The maximum absolute atomic E-state index is 12.5. The van der Waals surface area contributed by atoms with E-state index in [0.717, 1.165) is 35.6 Å². The lowest BCUT2D eigenvalue weighted by molar-refractivity contribution is -0.139. The Balaban J connectivity index is 1.45. The summed E-state index contributed by atoms with van der Waals surface area (Å²) in [6.07, 6.45) is 0.970. The van der Waals surface area contributed by atoms with E-state index in [2.05, 4.69) is 69.0 Å². The molecule has 0 bridgehead atoms. The molecule has 1 aliphatic rings. The van der Waals surface area contributed by atoms with Gasteiger partial charge in [0.05, 0.1) is 12.6 Å². The third kappa shape index (κ3) is 5.80. The minimum atomic E-state index is -0.603. The highest BCUT2D eigenvalue weighted by Crippen LogP contribution is 2.28. The monoisotopic (exact) mass is 462 g/mol. The Morgan fingerprint density at radius 2 is 1.70 bits per heavy atom. The fourth-order valence-electron chi connectivity index (χ4n) is 4.17. The molecule has 0 fully saturated rings. The van der Waals surface area contributed by atoms with Crippen LogP contribution < -0.4 is 15.5 Å². The van der Waals surface area contributed by atoms with Gasteiger partial charge in [0, 0.05) is 44.3 Å². The van der Waals surface area contributed by atoms with Crippen molar-refractivity contribution in [3.05, 3.63) is 87.6 Å². The van der Waals surface area contributed by atoms with Crippen LogP contribution >= 0.6 is 11.3 Å². The number of anilines is 1. The van der Waals surface area contributed by atoms with E-state index >= 15 is 0 Å². The Labute approximate surface area is 199 Å². The molecule has 1 aliphatic heterocycles. The molecule has 2 amide bonds. The SMILES string of the molecule is CN(C)c1ccc([C@H](CNC(=O)C(=O)NCc2cccs2)N2CCc3ccccc3C2)cc1. The Hall–Kier alpha value is -3.16. The number of nitrogens with one attached hydrogen (secondary N) is 2. The molecule has 0 radical (unpaired) electrons. The molecule has 172 valence electrons. The second-order valence-electron chi connectivity index (χ2n) is 8.46. The molecule has 7 heteroatoms. The number of hydrogen-bond acceptors (Lipinski definition) is 5. The van der Waals surface area contributed by atoms with Crippen molar-refractivity contribution in [2.75, 3.05) is 32.1 Å². The van der Waals surface area contributed by atoms with E-state index in [4.69, 9.17) is 0 Å². The van der Waals surface area contributed by atoms with Gasteiger partial charge < -0.3 is 15.5 Å². The highest BCUT2D eigenvalue weighted by molar-refractivity contribution is 7.09. The Kier molecular flexibility index (Phi) is 7.42. The van der Waals surface area contributed by atoms with Gasteiger partial charge in [0.1, 0.15) is 0 Å². The van der Waals surface area contributed by atoms with Gasteiger partial charge >= 0.3 is 11.8 Å². The first-order chi connectivity index (χ1) is 16.0. The molecule has 2 heterocycles. The van der Waals surface area contributed by atoms with Crippen molar-refractivity contribution in [3.8, 4) is 0 Å². The molecule has 0 spiro atoms. The van der Waals surface area contributed by atoms with Crippen molar-refractivity contribution in [2.45, 2.75) is 25.6 Å². The molecule has 0 unspecified atom stereocenters. The summed E-state index contributed by atoms with van der Waals surface area (Å²) < 4.78 is 0. The van der Waals surface area contributed by atoms with Crippen LogP contribution in [0.15, 0.2) is 66.0 Å². The quantitative estimate of drug-likeness (QED) is 0.529. The van der Waals surface area contributed by atoms with Crippen molar-refractivity contribution in [3.63, 3.8) is 0 Å². The molecule has 2 aromatic carbocycles. The third-order valence-corrected chi connectivity index (χ3v) is 6.94. The number of amides is 2. The fraction of sp³-hybridized carbons (Fsp3) is 0.308. The topological polar surface area (TPSA) is 64.7 Å². The molecule has 4 rings (SSSR count). The summed E-state index contributed by atoms with van der Waals surface area (Å²) in [5.41, 5.74) is 4.95. The molecule has 0 saturated carbocycles. The summed E-state index contributed by atoms with van der Waals surface area (Å²) in [5, 5.41) is 7.52. The van der Waals surface area contributed by atoms with Gasteiger partial charge in [0.2, 0.25) is 0 Å². The maximum Gasteiger partial charge on any atom is 0.309 e. The summed E-state index contributed by atoms with van der Waals surface area (Å²) in [4.78, 5) is 30.3. The Bertz CT molecular complexity index is 1080. The van der Waals surface area contributed by atoms with Crippen molar-refractivity contribution in [2.24, 2.45) is 0 Å². The summed E-state index contributed by atoms with van der Waals surface area (Å²) >= 11 is 1.55. The van der Waals surface area contributed by atoms with Crippen molar-refractivity contribution in [1.29, 1.82) is 0 Å². The molecule has 1 aromatic heterocycles. The zero-order chi connectivity index (χ0) is 23.2. The molecule has 33 heavy (non-hydrogen) atoms. The molecule has 3 aromatic rings. The van der Waals surface area contributed by atoms with E-state index in [1.54, 1.807) is 11.3 Å². The molecule has 6 nitrogen and oxygen atoms in total. The first-order valence-corrected chi connectivity index (χ1v) is 12.1. The van der Waals surface area contributed by atoms with Gasteiger partial charge in [-0.15, -0.1) is 11.3 Å². The number of rotatable bonds is 7. The van der Waals surface area contributed by atoms with Gasteiger partial charge in [-0.2, -0.15) is 0 Å².